The minimum atomic E-state index is -0.276. The van der Waals surface area contributed by atoms with Gasteiger partial charge >= 0.3 is 0 Å². The van der Waals surface area contributed by atoms with Gasteiger partial charge in [0, 0.05) is 5.75 Å². The molecule has 1 aromatic carbocycles. The van der Waals surface area contributed by atoms with E-state index < -0.39 is 0 Å². The summed E-state index contributed by atoms with van der Waals surface area (Å²) in [5.41, 5.74) is 2.14. The number of benzene rings is 1. The highest BCUT2D eigenvalue weighted by molar-refractivity contribution is 7.98. The van der Waals surface area contributed by atoms with Gasteiger partial charge in [-0.3, -0.25) is 0 Å². The average molecular weight is 233 g/mol. The fraction of sp³-hybridized carbons (Fsp3) is 0.154. The molecule has 0 saturated carbocycles. The molecule has 82 valence electrons. The first-order valence-corrected chi connectivity index (χ1v) is 6.03. The van der Waals surface area contributed by atoms with Crippen molar-refractivity contribution in [1.29, 1.82) is 0 Å². The Morgan fingerprint density at radius 2 is 2.00 bits per heavy atom. The molecule has 16 heavy (non-hydrogen) atoms. The lowest BCUT2D eigenvalue weighted by Crippen LogP contribution is -1.88. The van der Waals surface area contributed by atoms with E-state index in [1.807, 2.05) is 25.1 Å². The molecule has 0 atom stereocenters. The molecule has 0 saturated heterocycles. The van der Waals surface area contributed by atoms with Crippen molar-refractivity contribution in [1.82, 2.24) is 4.98 Å². The lowest BCUT2D eigenvalue weighted by Gasteiger charge is -2.04. The number of rotatable bonds is 3. The monoisotopic (exact) mass is 233 g/mol. The second-order valence-corrected chi connectivity index (χ2v) is 4.51. The van der Waals surface area contributed by atoms with Crippen LogP contribution in [0.15, 0.2) is 47.6 Å². The van der Waals surface area contributed by atoms with E-state index >= 15 is 0 Å². The summed E-state index contributed by atoms with van der Waals surface area (Å²) in [6.07, 6.45) is 1.26. The Hall–Kier alpha value is -1.35. The highest BCUT2D eigenvalue weighted by Gasteiger charge is 2.02. The number of hydrogen-bond acceptors (Lipinski definition) is 2. The lowest BCUT2D eigenvalue weighted by molar-refractivity contribution is 0.615. The molecule has 0 bridgehead atoms. The molecule has 0 aliphatic carbocycles. The van der Waals surface area contributed by atoms with E-state index in [0.29, 0.717) is 0 Å². The van der Waals surface area contributed by atoms with Crippen LogP contribution < -0.4 is 0 Å². The number of thioether (sulfide) groups is 1. The number of aryl methyl sites for hydroxylation is 1. The van der Waals surface area contributed by atoms with Crippen LogP contribution >= 0.6 is 11.8 Å². The van der Waals surface area contributed by atoms with E-state index in [0.717, 1.165) is 16.3 Å². The molecule has 0 spiro atoms. The summed E-state index contributed by atoms with van der Waals surface area (Å²) >= 11 is 1.63. The van der Waals surface area contributed by atoms with Crippen LogP contribution in [0, 0.1) is 12.7 Å². The minimum absolute atomic E-state index is 0.276. The Labute approximate surface area is 98.7 Å². The molecule has 0 amide bonds. The number of halogens is 1. The quantitative estimate of drug-likeness (QED) is 0.747. The number of nitrogens with zero attached hydrogens (tertiary/aromatic N) is 1. The normalized spacial score (nSPS) is 10.4. The molecule has 0 N–H and O–H groups in total. The second kappa shape index (κ2) is 5.12. The molecule has 2 rings (SSSR count). The first kappa shape index (κ1) is 11.1. The number of hydrogen-bond donors (Lipinski definition) is 0. The smallest absolute Gasteiger partial charge is 0.141 e. The van der Waals surface area contributed by atoms with Crippen molar-refractivity contribution in [2.75, 3.05) is 0 Å². The molecule has 1 heterocycles. The van der Waals surface area contributed by atoms with Crippen molar-refractivity contribution in [3.63, 3.8) is 0 Å². The summed E-state index contributed by atoms with van der Waals surface area (Å²) in [5.74, 6) is 0.585. The van der Waals surface area contributed by atoms with Crippen LogP contribution in [0.5, 0.6) is 0 Å². The maximum Gasteiger partial charge on any atom is 0.141 e. The van der Waals surface area contributed by atoms with Gasteiger partial charge in [-0.1, -0.05) is 30.3 Å². The molecule has 3 heteroatoms. The maximum atomic E-state index is 12.8. The summed E-state index contributed by atoms with van der Waals surface area (Å²) in [4.78, 5) is 4.08. The molecule has 0 radical (unpaired) electrons. The van der Waals surface area contributed by atoms with Gasteiger partial charge in [0.1, 0.15) is 5.82 Å². The van der Waals surface area contributed by atoms with Crippen molar-refractivity contribution in [3.05, 3.63) is 59.5 Å². The van der Waals surface area contributed by atoms with E-state index in [9.17, 15) is 4.39 Å². The zero-order chi connectivity index (χ0) is 11.4. The Morgan fingerprint density at radius 1 is 1.25 bits per heavy atom. The van der Waals surface area contributed by atoms with Crippen LogP contribution in [0.4, 0.5) is 4.39 Å². The van der Waals surface area contributed by atoms with Gasteiger partial charge in [-0.2, -0.15) is 0 Å². The third-order valence-electron chi connectivity index (χ3n) is 2.22. The third kappa shape index (κ3) is 2.83. The van der Waals surface area contributed by atoms with Crippen LogP contribution in [0.25, 0.3) is 0 Å². The van der Waals surface area contributed by atoms with Gasteiger partial charge in [0.2, 0.25) is 0 Å². The summed E-state index contributed by atoms with van der Waals surface area (Å²) < 4.78 is 12.8. The van der Waals surface area contributed by atoms with Crippen LogP contribution in [0.2, 0.25) is 0 Å². The molecule has 0 aliphatic heterocycles. The van der Waals surface area contributed by atoms with Crippen molar-refractivity contribution in [2.24, 2.45) is 0 Å². The predicted octanol–water partition coefficient (Wildman–Crippen LogP) is 3.82. The van der Waals surface area contributed by atoms with Gasteiger partial charge in [-0.25, -0.2) is 9.37 Å². The standard InChI is InChI=1S/C13H12FNS/c1-10-7-12(14)8-15-13(10)16-9-11-5-3-2-4-6-11/h2-8H,9H2,1H3. The molecule has 0 aliphatic rings. The molecule has 0 fully saturated rings. The predicted molar refractivity (Wildman–Crippen MR) is 64.9 cm³/mol. The van der Waals surface area contributed by atoms with Crippen LogP contribution in [-0.4, -0.2) is 4.98 Å². The first-order valence-electron chi connectivity index (χ1n) is 5.04. The Balaban J connectivity index is 2.05. The zero-order valence-electron chi connectivity index (χ0n) is 8.98. The molecular weight excluding hydrogens is 221 g/mol. The Kier molecular flexibility index (Phi) is 3.57. The average Bonchev–Trinajstić information content (AvgIpc) is 2.29. The minimum Gasteiger partial charge on any atom is -0.247 e. The number of pyridine rings is 1. The van der Waals surface area contributed by atoms with Crippen LogP contribution in [0.1, 0.15) is 11.1 Å². The van der Waals surface area contributed by atoms with Crippen molar-refractivity contribution in [2.45, 2.75) is 17.7 Å². The fourth-order valence-corrected chi connectivity index (χ4v) is 2.31. The van der Waals surface area contributed by atoms with Gasteiger partial charge < -0.3 is 0 Å². The van der Waals surface area contributed by atoms with Gasteiger partial charge in [0.05, 0.1) is 11.2 Å². The number of aromatic nitrogens is 1. The van der Waals surface area contributed by atoms with Crippen LogP contribution in [0.3, 0.4) is 0 Å². The maximum absolute atomic E-state index is 12.8. The SMILES string of the molecule is Cc1cc(F)cnc1SCc1ccccc1. The van der Waals surface area contributed by atoms with Gasteiger partial charge in [-0.15, -0.1) is 11.8 Å². The van der Waals surface area contributed by atoms with E-state index in [-0.39, 0.29) is 5.82 Å². The van der Waals surface area contributed by atoms with Crippen molar-refractivity contribution < 1.29 is 4.39 Å². The van der Waals surface area contributed by atoms with E-state index in [2.05, 4.69) is 17.1 Å². The summed E-state index contributed by atoms with van der Waals surface area (Å²) in [6, 6.07) is 11.7. The Bertz CT molecular complexity index is 471. The zero-order valence-corrected chi connectivity index (χ0v) is 9.80. The summed E-state index contributed by atoms with van der Waals surface area (Å²) in [7, 11) is 0. The summed E-state index contributed by atoms with van der Waals surface area (Å²) in [6.45, 7) is 1.88. The van der Waals surface area contributed by atoms with E-state index in [1.54, 1.807) is 11.8 Å². The largest absolute Gasteiger partial charge is 0.247 e. The van der Waals surface area contributed by atoms with Crippen LogP contribution in [-0.2, 0) is 5.75 Å². The van der Waals surface area contributed by atoms with Gasteiger partial charge in [0.15, 0.2) is 0 Å². The Morgan fingerprint density at radius 3 is 2.69 bits per heavy atom. The summed E-state index contributed by atoms with van der Waals surface area (Å²) in [5, 5.41) is 0.894. The van der Waals surface area contributed by atoms with E-state index in [1.165, 1.54) is 17.8 Å². The van der Waals surface area contributed by atoms with Crippen molar-refractivity contribution >= 4 is 11.8 Å². The lowest BCUT2D eigenvalue weighted by atomic mass is 10.2. The fourth-order valence-electron chi connectivity index (χ4n) is 1.40. The topological polar surface area (TPSA) is 12.9 Å². The first-order chi connectivity index (χ1) is 7.75. The molecule has 2 aromatic rings. The van der Waals surface area contributed by atoms with E-state index in [4.69, 9.17) is 0 Å². The second-order valence-electron chi connectivity index (χ2n) is 3.55. The van der Waals surface area contributed by atoms with Gasteiger partial charge in [0.25, 0.3) is 0 Å². The molecule has 1 aromatic heterocycles. The third-order valence-corrected chi connectivity index (χ3v) is 3.39. The molecule has 0 unspecified atom stereocenters. The molecular formula is C13H12FNS. The highest BCUT2D eigenvalue weighted by Crippen LogP contribution is 2.23. The van der Waals surface area contributed by atoms with Gasteiger partial charge in [-0.05, 0) is 24.1 Å². The van der Waals surface area contributed by atoms with Crippen molar-refractivity contribution in [3.8, 4) is 0 Å². The highest BCUT2D eigenvalue weighted by atomic mass is 32.2. The molecule has 1 nitrogen and oxygen atoms in total.